The van der Waals surface area contributed by atoms with Crippen LogP contribution < -0.4 is 14.9 Å². The maximum absolute atomic E-state index is 12.8. The number of para-hydroxylation sites is 1. The number of aromatic nitrogens is 1. The third kappa shape index (κ3) is 6.64. The number of anilines is 2. The van der Waals surface area contributed by atoms with Crippen molar-refractivity contribution >= 4 is 33.2 Å². The Morgan fingerprint density at radius 3 is 2.32 bits per heavy atom. The van der Waals surface area contributed by atoms with Gasteiger partial charge in [-0.1, -0.05) is 44.2 Å². The minimum Gasteiger partial charge on any atom is -0.348 e. The van der Waals surface area contributed by atoms with Crippen LogP contribution in [0.4, 0.5) is 11.4 Å². The molecule has 3 aromatic rings. The monoisotopic (exact) mass is 480 g/mol. The molecule has 34 heavy (non-hydrogen) atoms. The average molecular weight is 481 g/mol. The number of pyridine rings is 1. The maximum atomic E-state index is 12.8. The van der Waals surface area contributed by atoms with Crippen molar-refractivity contribution in [1.82, 2.24) is 10.3 Å². The Bertz CT molecular complexity index is 1240. The quantitative estimate of drug-likeness (QED) is 0.487. The molecule has 0 atom stereocenters. The van der Waals surface area contributed by atoms with E-state index in [-0.39, 0.29) is 18.0 Å². The van der Waals surface area contributed by atoms with Crippen molar-refractivity contribution in [3.8, 4) is 0 Å². The van der Waals surface area contributed by atoms with Crippen molar-refractivity contribution in [2.75, 3.05) is 22.4 Å². The summed E-state index contributed by atoms with van der Waals surface area (Å²) in [6, 6.07) is 17.2. The fourth-order valence-electron chi connectivity index (χ4n) is 3.32. The summed E-state index contributed by atoms with van der Waals surface area (Å²) >= 11 is 0. The van der Waals surface area contributed by atoms with E-state index in [2.05, 4.69) is 15.6 Å². The molecule has 0 saturated heterocycles. The zero-order valence-electron chi connectivity index (χ0n) is 19.4. The summed E-state index contributed by atoms with van der Waals surface area (Å²) in [6.45, 7) is 3.94. The Kier molecular flexibility index (Phi) is 8.01. The molecule has 0 aliphatic carbocycles. The lowest BCUT2D eigenvalue weighted by molar-refractivity contribution is -0.114. The summed E-state index contributed by atoms with van der Waals surface area (Å²) in [5.74, 6) is -0.639. The van der Waals surface area contributed by atoms with Gasteiger partial charge in [0.05, 0.1) is 23.2 Å². The SMILES string of the molecule is CC(C)c1ccc(N(CC(=O)Nc2ccccc2C(=O)NCc2cccnc2)S(C)(=O)=O)cc1. The Morgan fingerprint density at radius 1 is 1.00 bits per heavy atom. The highest BCUT2D eigenvalue weighted by Gasteiger charge is 2.22. The Labute approximate surface area is 200 Å². The van der Waals surface area contributed by atoms with Crippen molar-refractivity contribution in [1.29, 1.82) is 0 Å². The first-order valence-electron chi connectivity index (χ1n) is 10.8. The van der Waals surface area contributed by atoms with Crippen LogP contribution in [-0.2, 0) is 21.4 Å². The van der Waals surface area contributed by atoms with Gasteiger partial charge in [0.25, 0.3) is 5.91 Å². The number of nitrogens with one attached hydrogen (secondary N) is 2. The summed E-state index contributed by atoms with van der Waals surface area (Å²) in [5.41, 5.74) is 2.86. The second-order valence-corrected chi connectivity index (χ2v) is 10.1. The summed E-state index contributed by atoms with van der Waals surface area (Å²) in [5, 5.41) is 5.47. The van der Waals surface area contributed by atoms with Crippen LogP contribution in [0.15, 0.2) is 73.1 Å². The van der Waals surface area contributed by atoms with Gasteiger partial charge in [-0.05, 0) is 47.4 Å². The van der Waals surface area contributed by atoms with Crippen molar-refractivity contribution < 1.29 is 18.0 Å². The molecule has 2 N–H and O–H groups in total. The molecule has 1 heterocycles. The van der Waals surface area contributed by atoms with E-state index in [1.165, 1.54) is 0 Å². The third-order valence-corrected chi connectivity index (χ3v) is 6.30. The molecule has 2 aromatic carbocycles. The molecule has 9 heteroatoms. The molecular weight excluding hydrogens is 452 g/mol. The molecule has 0 fully saturated rings. The van der Waals surface area contributed by atoms with Crippen LogP contribution in [0.2, 0.25) is 0 Å². The molecule has 0 bridgehead atoms. The lowest BCUT2D eigenvalue weighted by atomic mass is 10.0. The number of sulfonamides is 1. The van der Waals surface area contributed by atoms with E-state index < -0.39 is 22.5 Å². The normalized spacial score (nSPS) is 11.2. The fourth-order valence-corrected chi connectivity index (χ4v) is 4.17. The smallest absolute Gasteiger partial charge is 0.253 e. The van der Waals surface area contributed by atoms with Gasteiger partial charge >= 0.3 is 0 Å². The predicted octanol–water partition coefficient (Wildman–Crippen LogP) is 3.54. The van der Waals surface area contributed by atoms with Gasteiger partial charge in [-0.15, -0.1) is 0 Å². The van der Waals surface area contributed by atoms with Crippen molar-refractivity contribution in [2.24, 2.45) is 0 Å². The summed E-state index contributed by atoms with van der Waals surface area (Å²) in [4.78, 5) is 29.6. The number of nitrogens with zero attached hydrogens (tertiary/aromatic N) is 2. The molecule has 0 aliphatic rings. The van der Waals surface area contributed by atoms with Crippen LogP contribution in [0, 0.1) is 0 Å². The first-order valence-corrected chi connectivity index (χ1v) is 12.6. The fraction of sp³-hybridized carbons (Fsp3) is 0.240. The summed E-state index contributed by atoms with van der Waals surface area (Å²) in [6.07, 6.45) is 4.35. The zero-order valence-corrected chi connectivity index (χ0v) is 20.2. The number of amides is 2. The second kappa shape index (κ2) is 10.9. The lowest BCUT2D eigenvalue weighted by Crippen LogP contribution is -2.37. The molecule has 0 spiro atoms. The van der Waals surface area contributed by atoms with Gasteiger partial charge in [-0.2, -0.15) is 0 Å². The van der Waals surface area contributed by atoms with E-state index >= 15 is 0 Å². The number of benzene rings is 2. The van der Waals surface area contributed by atoms with Crippen LogP contribution in [0.25, 0.3) is 0 Å². The van der Waals surface area contributed by atoms with Gasteiger partial charge in [0.15, 0.2) is 0 Å². The van der Waals surface area contributed by atoms with Gasteiger partial charge in [-0.3, -0.25) is 18.9 Å². The van der Waals surface area contributed by atoms with E-state index in [0.29, 0.717) is 17.3 Å². The van der Waals surface area contributed by atoms with Gasteiger partial charge in [0.1, 0.15) is 6.54 Å². The first kappa shape index (κ1) is 24.9. The molecule has 2 amide bonds. The highest BCUT2D eigenvalue weighted by molar-refractivity contribution is 7.92. The molecule has 178 valence electrons. The molecule has 3 rings (SSSR count). The van der Waals surface area contributed by atoms with Crippen molar-refractivity contribution in [3.05, 3.63) is 89.7 Å². The first-order chi connectivity index (χ1) is 16.1. The minimum absolute atomic E-state index is 0.270. The second-order valence-electron chi connectivity index (χ2n) is 8.15. The van der Waals surface area contributed by atoms with Crippen molar-refractivity contribution in [2.45, 2.75) is 26.3 Å². The van der Waals surface area contributed by atoms with Crippen LogP contribution >= 0.6 is 0 Å². The Balaban J connectivity index is 1.73. The van der Waals surface area contributed by atoms with Crippen LogP contribution in [0.1, 0.15) is 41.3 Å². The van der Waals surface area contributed by atoms with E-state index in [9.17, 15) is 18.0 Å². The lowest BCUT2D eigenvalue weighted by Gasteiger charge is -2.22. The third-order valence-electron chi connectivity index (χ3n) is 5.16. The van der Waals surface area contributed by atoms with Crippen LogP contribution in [-0.4, -0.2) is 38.0 Å². The molecule has 0 unspecified atom stereocenters. The van der Waals surface area contributed by atoms with Crippen LogP contribution in [0.3, 0.4) is 0 Å². The number of rotatable bonds is 9. The molecule has 8 nitrogen and oxygen atoms in total. The van der Waals surface area contributed by atoms with Gasteiger partial charge in [0, 0.05) is 18.9 Å². The Hall–Kier alpha value is -3.72. The van der Waals surface area contributed by atoms with E-state index in [1.54, 1.807) is 54.9 Å². The molecule has 1 aromatic heterocycles. The maximum Gasteiger partial charge on any atom is 0.253 e. The van der Waals surface area contributed by atoms with E-state index in [1.807, 2.05) is 32.0 Å². The number of hydrogen-bond donors (Lipinski definition) is 2. The predicted molar refractivity (Wildman–Crippen MR) is 133 cm³/mol. The molecule has 0 aliphatic heterocycles. The minimum atomic E-state index is -3.72. The highest BCUT2D eigenvalue weighted by atomic mass is 32.2. The van der Waals surface area contributed by atoms with Crippen molar-refractivity contribution in [3.63, 3.8) is 0 Å². The number of carbonyl (C=O) groups is 2. The standard InChI is InChI=1S/C25H28N4O4S/c1-18(2)20-10-12-21(13-11-20)29(34(3,32)33)17-24(30)28-23-9-5-4-8-22(23)25(31)27-16-19-7-6-14-26-15-19/h4-15,18H,16-17H2,1-3H3,(H,27,31)(H,28,30). The van der Waals surface area contributed by atoms with E-state index in [0.717, 1.165) is 21.7 Å². The van der Waals surface area contributed by atoms with Crippen LogP contribution in [0.5, 0.6) is 0 Å². The van der Waals surface area contributed by atoms with Gasteiger partial charge < -0.3 is 10.6 Å². The summed E-state index contributed by atoms with van der Waals surface area (Å²) in [7, 11) is -3.72. The highest BCUT2D eigenvalue weighted by Crippen LogP contribution is 2.22. The zero-order chi connectivity index (χ0) is 24.7. The van der Waals surface area contributed by atoms with Gasteiger partial charge in [0.2, 0.25) is 15.9 Å². The molecular formula is C25H28N4O4S. The molecule has 0 saturated carbocycles. The van der Waals surface area contributed by atoms with E-state index in [4.69, 9.17) is 0 Å². The topological polar surface area (TPSA) is 108 Å². The largest absolute Gasteiger partial charge is 0.348 e. The number of hydrogen-bond acceptors (Lipinski definition) is 5. The summed E-state index contributed by atoms with van der Waals surface area (Å²) < 4.78 is 25.9. The van der Waals surface area contributed by atoms with Gasteiger partial charge in [-0.25, -0.2) is 8.42 Å². The average Bonchev–Trinajstić information content (AvgIpc) is 2.81. The number of carbonyl (C=O) groups excluding carboxylic acids is 2. The Morgan fingerprint density at radius 2 is 1.71 bits per heavy atom. The molecule has 0 radical (unpaired) electrons.